The van der Waals surface area contributed by atoms with E-state index in [9.17, 15) is 13.2 Å². The molecule has 0 N–H and O–H groups in total. The fraction of sp³-hybridized carbons (Fsp3) is 0.522. The number of aryl methyl sites for hydroxylation is 1. The van der Waals surface area contributed by atoms with Crippen molar-refractivity contribution in [2.75, 3.05) is 32.7 Å². The number of aromatic nitrogens is 1. The molecule has 164 valence electrons. The monoisotopic (exact) mass is 431 g/mol. The molecule has 1 aromatic carbocycles. The molecular weight excluding hydrogens is 398 g/mol. The first-order valence-electron chi connectivity index (χ1n) is 10.4. The number of carbonyl (C=O) groups excluding carboxylic acids is 1. The molecule has 1 aromatic heterocycles. The van der Waals surface area contributed by atoms with E-state index in [1.165, 1.54) is 4.31 Å². The smallest absolute Gasteiger partial charge is 0.243 e. The Bertz CT molecular complexity index is 1020. The number of ketones is 1. The molecule has 0 atom stereocenters. The zero-order valence-electron chi connectivity index (χ0n) is 18.9. The normalized spacial score (nSPS) is 16.7. The molecule has 0 saturated carbocycles. The molecule has 1 aliphatic heterocycles. The maximum Gasteiger partial charge on any atom is 0.243 e. The van der Waals surface area contributed by atoms with Gasteiger partial charge in [-0.3, -0.25) is 9.69 Å². The number of carbonyl (C=O) groups is 1. The lowest BCUT2D eigenvalue weighted by Crippen LogP contribution is -2.49. The number of rotatable bonds is 5. The Balaban J connectivity index is 1.63. The van der Waals surface area contributed by atoms with Gasteiger partial charge >= 0.3 is 0 Å². The molecule has 0 unspecified atom stereocenters. The van der Waals surface area contributed by atoms with Crippen LogP contribution in [0.1, 0.15) is 48.1 Å². The second kappa shape index (κ2) is 8.29. The van der Waals surface area contributed by atoms with Gasteiger partial charge in [0.2, 0.25) is 10.0 Å². The van der Waals surface area contributed by atoms with Crippen LogP contribution in [0.4, 0.5) is 0 Å². The van der Waals surface area contributed by atoms with Crippen LogP contribution in [0.2, 0.25) is 0 Å². The lowest BCUT2D eigenvalue weighted by atomic mass is 9.87. The van der Waals surface area contributed by atoms with E-state index in [4.69, 9.17) is 0 Å². The van der Waals surface area contributed by atoms with E-state index in [0.29, 0.717) is 37.6 Å². The van der Waals surface area contributed by atoms with Gasteiger partial charge in [-0.2, -0.15) is 4.31 Å². The molecule has 2 heterocycles. The van der Waals surface area contributed by atoms with Crippen molar-refractivity contribution >= 4 is 15.8 Å². The van der Waals surface area contributed by atoms with Crippen molar-refractivity contribution in [2.24, 2.45) is 7.05 Å². The van der Waals surface area contributed by atoms with Crippen LogP contribution in [0.3, 0.4) is 0 Å². The molecule has 6 nitrogen and oxygen atoms in total. The Morgan fingerprint density at radius 3 is 2.03 bits per heavy atom. The molecule has 1 aliphatic rings. The van der Waals surface area contributed by atoms with E-state index in [1.807, 2.05) is 48.6 Å². The Morgan fingerprint density at radius 1 is 1.00 bits per heavy atom. The quantitative estimate of drug-likeness (QED) is 0.683. The predicted molar refractivity (Wildman–Crippen MR) is 120 cm³/mol. The number of sulfonamides is 1. The highest BCUT2D eigenvalue weighted by Crippen LogP contribution is 2.25. The highest BCUT2D eigenvalue weighted by molar-refractivity contribution is 7.89. The van der Waals surface area contributed by atoms with Gasteiger partial charge in [0.1, 0.15) is 0 Å². The third kappa shape index (κ3) is 4.53. The van der Waals surface area contributed by atoms with Crippen molar-refractivity contribution in [1.29, 1.82) is 0 Å². The Kier molecular flexibility index (Phi) is 6.28. The average molecular weight is 432 g/mol. The number of hydrogen-bond acceptors (Lipinski definition) is 4. The largest absolute Gasteiger partial charge is 0.351 e. The number of piperazine rings is 1. The number of benzene rings is 1. The van der Waals surface area contributed by atoms with Gasteiger partial charge in [-0.05, 0) is 43.0 Å². The Morgan fingerprint density at radius 2 is 1.57 bits per heavy atom. The van der Waals surface area contributed by atoms with Gasteiger partial charge in [-0.1, -0.05) is 32.9 Å². The summed E-state index contributed by atoms with van der Waals surface area (Å²) in [4.78, 5) is 15.1. The third-order valence-corrected chi connectivity index (χ3v) is 8.05. The number of hydrogen-bond donors (Lipinski definition) is 0. The highest BCUT2D eigenvalue weighted by atomic mass is 32.2. The summed E-state index contributed by atoms with van der Waals surface area (Å²) >= 11 is 0. The fourth-order valence-corrected chi connectivity index (χ4v) is 5.25. The van der Waals surface area contributed by atoms with Gasteiger partial charge in [0.05, 0.1) is 11.4 Å². The van der Waals surface area contributed by atoms with E-state index in [1.54, 1.807) is 12.1 Å². The maximum absolute atomic E-state index is 13.0. The van der Waals surface area contributed by atoms with Crippen LogP contribution in [0.25, 0.3) is 0 Å². The van der Waals surface area contributed by atoms with Gasteiger partial charge < -0.3 is 4.57 Å². The summed E-state index contributed by atoms with van der Waals surface area (Å²) in [6.45, 7) is 12.5. The third-order valence-electron chi connectivity index (χ3n) is 6.13. The van der Waals surface area contributed by atoms with Crippen LogP contribution >= 0.6 is 0 Å². The molecule has 0 bridgehead atoms. The highest BCUT2D eigenvalue weighted by Gasteiger charge is 2.30. The Labute approximate surface area is 180 Å². The van der Waals surface area contributed by atoms with Crippen molar-refractivity contribution in [1.82, 2.24) is 13.8 Å². The summed E-state index contributed by atoms with van der Waals surface area (Å²) in [6.07, 6.45) is 0. The van der Waals surface area contributed by atoms with Crippen LogP contribution in [-0.4, -0.2) is 60.7 Å². The second-order valence-electron chi connectivity index (χ2n) is 9.22. The minimum absolute atomic E-state index is 0.0178. The van der Waals surface area contributed by atoms with Gasteiger partial charge in [-0.15, -0.1) is 0 Å². The molecular formula is C23H33N3O3S. The molecule has 1 saturated heterocycles. The minimum atomic E-state index is -3.52. The van der Waals surface area contributed by atoms with Crippen LogP contribution in [0, 0.1) is 13.8 Å². The summed E-state index contributed by atoms with van der Waals surface area (Å²) < 4.78 is 29.6. The lowest BCUT2D eigenvalue weighted by Gasteiger charge is -2.33. The van der Waals surface area contributed by atoms with E-state index >= 15 is 0 Å². The zero-order valence-corrected chi connectivity index (χ0v) is 19.7. The lowest BCUT2D eigenvalue weighted by molar-refractivity contribution is 0.0901. The zero-order chi connectivity index (χ0) is 22.3. The van der Waals surface area contributed by atoms with E-state index in [2.05, 4.69) is 20.8 Å². The minimum Gasteiger partial charge on any atom is -0.351 e. The fourth-order valence-electron chi connectivity index (χ4n) is 3.83. The van der Waals surface area contributed by atoms with E-state index in [-0.39, 0.29) is 11.2 Å². The standard InChI is InChI=1S/C23H33N3O3S/c1-17-15-21(18(2)24(17)6)22(27)16-25-11-13-26(14-12-25)30(28,29)20-9-7-19(8-10-20)23(3,4)5/h7-10,15H,11-14,16H2,1-6H3. The topological polar surface area (TPSA) is 62.6 Å². The second-order valence-corrected chi connectivity index (χ2v) is 11.2. The number of Topliss-reactive ketones (excluding diaryl/α,β-unsaturated/α-hetero) is 1. The summed E-state index contributed by atoms with van der Waals surface area (Å²) in [5.74, 6) is 0.0882. The molecule has 30 heavy (non-hydrogen) atoms. The Hall–Kier alpha value is -1.96. The van der Waals surface area contributed by atoms with Gasteiger partial charge in [0, 0.05) is 50.2 Å². The first-order chi connectivity index (χ1) is 13.9. The number of nitrogens with zero attached hydrogens (tertiary/aromatic N) is 3. The van der Waals surface area contributed by atoms with Crippen molar-refractivity contribution in [2.45, 2.75) is 44.9 Å². The van der Waals surface area contributed by atoms with Crippen molar-refractivity contribution in [3.8, 4) is 0 Å². The molecule has 7 heteroatoms. The molecule has 0 aliphatic carbocycles. The van der Waals surface area contributed by atoms with E-state index < -0.39 is 10.0 Å². The SMILES string of the molecule is Cc1cc(C(=O)CN2CCN(S(=O)(=O)c3ccc(C(C)(C)C)cc3)CC2)c(C)n1C. The van der Waals surface area contributed by atoms with Crippen LogP contribution in [0.15, 0.2) is 35.2 Å². The molecule has 1 fully saturated rings. The first-order valence-corrected chi connectivity index (χ1v) is 11.8. The van der Waals surface area contributed by atoms with Crippen LogP contribution in [0.5, 0.6) is 0 Å². The maximum atomic E-state index is 13.0. The predicted octanol–water partition coefficient (Wildman–Crippen LogP) is 3.13. The summed E-state index contributed by atoms with van der Waals surface area (Å²) in [5, 5.41) is 0. The summed E-state index contributed by atoms with van der Waals surface area (Å²) in [5.41, 5.74) is 3.87. The van der Waals surface area contributed by atoms with Crippen LogP contribution < -0.4 is 0 Å². The molecule has 0 radical (unpaired) electrons. The van der Waals surface area contributed by atoms with Crippen LogP contribution in [-0.2, 0) is 22.5 Å². The molecule has 2 aromatic rings. The molecule has 0 spiro atoms. The van der Waals surface area contributed by atoms with Crippen molar-refractivity contribution < 1.29 is 13.2 Å². The van der Waals surface area contributed by atoms with Crippen molar-refractivity contribution in [3.05, 3.63) is 52.8 Å². The van der Waals surface area contributed by atoms with Gasteiger partial charge in [0.25, 0.3) is 0 Å². The summed E-state index contributed by atoms with van der Waals surface area (Å²) in [7, 11) is -1.56. The molecule has 0 amide bonds. The molecule has 3 rings (SSSR count). The van der Waals surface area contributed by atoms with Gasteiger partial charge in [0.15, 0.2) is 5.78 Å². The van der Waals surface area contributed by atoms with E-state index in [0.717, 1.165) is 22.5 Å². The van der Waals surface area contributed by atoms with Crippen molar-refractivity contribution in [3.63, 3.8) is 0 Å². The first kappa shape index (κ1) is 22.7. The average Bonchev–Trinajstić information content (AvgIpc) is 2.95. The van der Waals surface area contributed by atoms with Gasteiger partial charge in [-0.25, -0.2) is 8.42 Å². The summed E-state index contributed by atoms with van der Waals surface area (Å²) in [6, 6.07) is 9.12.